The van der Waals surface area contributed by atoms with Gasteiger partial charge in [0.1, 0.15) is 5.76 Å². The SMILES string of the molecule is Cc1ccoc1C(N)c1ccc(C)c2ccccc12. The molecule has 0 bridgehead atoms. The second kappa shape index (κ2) is 4.56. The van der Waals surface area contributed by atoms with E-state index >= 15 is 0 Å². The van der Waals surface area contributed by atoms with Crippen molar-refractivity contribution in [2.75, 3.05) is 0 Å². The van der Waals surface area contributed by atoms with Gasteiger partial charge in [-0.1, -0.05) is 36.4 Å². The van der Waals surface area contributed by atoms with Crippen molar-refractivity contribution in [1.29, 1.82) is 0 Å². The highest BCUT2D eigenvalue weighted by molar-refractivity contribution is 5.89. The van der Waals surface area contributed by atoms with Crippen LogP contribution in [0.5, 0.6) is 0 Å². The molecule has 0 saturated heterocycles. The lowest BCUT2D eigenvalue weighted by atomic mass is 9.94. The van der Waals surface area contributed by atoms with Crippen LogP contribution in [-0.4, -0.2) is 0 Å². The van der Waals surface area contributed by atoms with Gasteiger partial charge in [-0.05, 0) is 47.4 Å². The summed E-state index contributed by atoms with van der Waals surface area (Å²) in [5, 5.41) is 2.45. The molecule has 3 rings (SSSR count). The fourth-order valence-electron chi connectivity index (χ4n) is 2.59. The zero-order chi connectivity index (χ0) is 13.4. The van der Waals surface area contributed by atoms with E-state index in [4.69, 9.17) is 10.2 Å². The zero-order valence-electron chi connectivity index (χ0n) is 11.2. The van der Waals surface area contributed by atoms with Gasteiger partial charge < -0.3 is 10.2 Å². The van der Waals surface area contributed by atoms with Crippen LogP contribution in [0.1, 0.15) is 28.5 Å². The van der Waals surface area contributed by atoms with Gasteiger partial charge in [-0.25, -0.2) is 0 Å². The molecule has 1 atom stereocenters. The minimum atomic E-state index is -0.222. The number of hydrogen-bond donors (Lipinski definition) is 1. The molecule has 1 aromatic heterocycles. The van der Waals surface area contributed by atoms with Crippen LogP contribution in [0.4, 0.5) is 0 Å². The van der Waals surface area contributed by atoms with Gasteiger partial charge in [-0.2, -0.15) is 0 Å². The van der Waals surface area contributed by atoms with E-state index in [-0.39, 0.29) is 6.04 Å². The van der Waals surface area contributed by atoms with Crippen LogP contribution < -0.4 is 5.73 Å². The van der Waals surface area contributed by atoms with Gasteiger partial charge in [0.2, 0.25) is 0 Å². The summed E-state index contributed by atoms with van der Waals surface area (Å²) in [7, 11) is 0. The molecule has 2 heteroatoms. The second-order valence-corrected chi connectivity index (χ2v) is 4.96. The summed E-state index contributed by atoms with van der Waals surface area (Å²) < 4.78 is 5.53. The summed E-state index contributed by atoms with van der Waals surface area (Å²) in [5.41, 5.74) is 9.86. The van der Waals surface area contributed by atoms with Gasteiger partial charge in [0.15, 0.2) is 0 Å². The number of nitrogens with two attached hydrogens (primary N) is 1. The van der Waals surface area contributed by atoms with Crippen LogP contribution in [0.25, 0.3) is 10.8 Å². The molecule has 3 aromatic rings. The molecular weight excluding hydrogens is 234 g/mol. The quantitative estimate of drug-likeness (QED) is 0.744. The molecule has 0 aliphatic rings. The number of hydrogen-bond acceptors (Lipinski definition) is 2. The monoisotopic (exact) mass is 251 g/mol. The Hall–Kier alpha value is -2.06. The summed E-state index contributed by atoms with van der Waals surface area (Å²) in [6, 6.07) is 14.3. The molecule has 19 heavy (non-hydrogen) atoms. The molecule has 2 N–H and O–H groups in total. The smallest absolute Gasteiger partial charge is 0.127 e. The van der Waals surface area contributed by atoms with E-state index in [9.17, 15) is 0 Å². The van der Waals surface area contributed by atoms with E-state index in [2.05, 4.69) is 37.3 Å². The summed E-state index contributed by atoms with van der Waals surface area (Å²) in [4.78, 5) is 0. The summed E-state index contributed by atoms with van der Waals surface area (Å²) >= 11 is 0. The van der Waals surface area contributed by atoms with E-state index < -0.39 is 0 Å². The summed E-state index contributed by atoms with van der Waals surface area (Å²) in [6.45, 7) is 4.14. The number of fused-ring (bicyclic) bond motifs is 1. The van der Waals surface area contributed by atoms with E-state index in [0.29, 0.717) is 0 Å². The third-order valence-corrected chi connectivity index (χ3v) is 3.70. The first-order valence-corrected chi connectivity index (χ1v) is 6.46. The van der Waals surface area contributed by atoms with Gasteiger partial charge in [0.05, 0.1) is 12.3 Å². The van der Waals surface area contributed by atoms with Gasteiger partial charge in [0.25, 0.3) is 0 Å². The Balaban J connectivity index is 2.21. The van der Waals surface area contributed by atoms with E-state index in [0.717, 1.165) is 16.9 Å². The van der Waals surface area contributed by atoms with E-state index in [1.807, 2.05) is 19.1 Å². The van der Waals surface area contributed by atoms with Crippen LogP contribution >= 0.6 is 0 Å². The maximum absolute atomic E-state index is 6.38. The minimum Gasteiger partial charge on any atom is -0.467 e. The largest absolute Gasteiger partial charge is 0.467 e. The zero-order valence-corrected chi connectivity index (χ0v) is 11.2. The molecule has 0 saturated carbocycles. The predicted octanol–water partition coefficient (Wildman–Crippen LogP) is 4.10. The average Bonchev–Trinajstić information content (AvgIpc) is 2.85. The Morgan fingerprint density at radius 3 is 2.32 bits per heavy atom. The highest BCUT2D eigenvalue weighted by Gasteiger charge is 2.17. The number of aryl methyl sites for hydroxylation is 2. The molecule has 2 aromatic carbocycles. The Labute approximate surface area is 112 Å². The van der Waals surface area contributed by atoms with Crippen LogP contribution in [0.2, 0.25) is 0 Å². The van der Waals surface area contributed by atoms with Crippen LogP contribution in [0, 0.1) is 13.8 Å². The summed E-state index contributed by atoms with van der Waals surface area (Å²) in [6.07, 6.45) is 1.70. The number of furan rings is 1. The molecule has 0 aliphatic heterocycles. The van der Waals surface area contributed by atoms with E-state index in [1.54, 1.807) is 6.26 Å². The minimum absolute atomic E-state index is 0.222. The standard InChI is InChI=1S/C17H17NO/c1-11-7-8-15(14-6-4-3-5-13(11)14)16(18)17-12(2)9-10-19-17/h3-10,16H,18H2,1-2H3. The lowest BCUT2D eigenvalue weighted by molar-refractivity contribution is 0.487. The highest BCUT2D eigenvalue weighted by atomic mass is 16.3. The highest BCUT2D eigenvalue weighted by Crippen LogP contribution is 2.30. The molecule has 1 heterocycles. The Kier molecular flexibility index (Phi) is 2.88. The normalized spacial score (nSPS) is 12.8. The molecule has 0 amide bonds. The molecule has 1 unspecified atom stereocenters. The number of benzene rings is 2. The van der Waals surface area contributed by atoms with Crippen LogP contribution in [0.3, 0.4) is 0 Å². The topological polar surface area (TPSA) is 39.2 Å². The van der Waals surface area contributed by atoms with Crippen molar-refractivity contribution in [3.63, 3.8) is 0 Å². The molecule has 0 radical (unpaired) electrons. The maximum Gasteiger partial charge on any atom is 0.127 e. The molecule has 0 aliphatic carbocycles. The van der Waals surface area contributed by atoms with Gasteiger partial charge >= 0.3 is 0 Å². The van der Waals surface area contributed by atoms with Crippen molar-refractivity contribution in [2.24, 2.45) is 5.73 Å². The Bertz CT molecular complexity index is 727. The average molecular weight is 251 g/mol. The molecule has 2 nitrogen and oxygen atoms in total. The molecule has 0 spiro atoms. The summed E-state index contributed by atoms with van der Waals surface area (Å²) in [5.74, 6) is 0.842. The van der Waals surface area contributed by atoms with Gasteiger partial charge in [0, 0.05) is 0 Å². The van der Waals surface area contributed by atoms with Crippen molar-refractivity contribution >= 4 is 10.8 Å². The van der Waals surface area contributed by atoms with Crippen molar-refractivity contribution in [2.45, 2.75) is 19.9 Å². The first-order chi connectivity index (χ1) is 9.18. The molecular formula is C17H17NO. The Morgan fingerprint density at radius 2 is 1.63 bits per heavy atom. The van der Waals surface area contributed by atoms with Gasteiger partial charge in [-0.15, -0.1) is 0 Å². The first kappa shape index (κ1) is 12.0. The van der Waals surface area contributed by atoms with Crippen LogP contribution in [-0.2, 0) is 0 Å². The van der Waals surface area contributed by atoms with Crippen LogP contribution in [0.15, 0.2) is 53.1 Å². The predicted molar refractivity (Wildman–Crippen MR) is 78.2 cm³/mol. The molecule has 0 fully saturated rings. The fourth-order valence-corrected chi connectivity index (χ4v) is 2.59. The van der Waals surface area contributed by atoms with Crippen molar-refractivity contribution in [1.82, 2.24) is 0 Å². The third kappa shape index (κ3) is 1.94. The molecule has 96 valence electrons. The lowest BCUT2D eigenvalue weighted by Gasteiger charge is -2.15. The second-order valence-electron chi connectivity index (χ2n) is 4.96. The van der Waals surface area contributed by atoms with Crippen molar-refractivity contribution in [3.05, 3.63) is 71.2 Å². The fraction of sp³-hybridized carbons (Fsp3) is 0.176. The Morgan fingerprint density at radius 1 is 0.895 bits per heavy atom. The van der Waals surface area contributed by atoms with Crippen molar-refractivity contribution < 1.29 is 4.42 Å². The first-order valence-electron chi connectivity index (χ1n) is 6.46. The van der Waals surface area contributed by atoms with E-state index in [1.165, 1.54) is 16.3 Å². The lowest BCUT2D eigenvalue weighted by Crippen LogP contribution is -2.12. The third-order valence-electron chi connectivity index (χ3n) is 3.70. The maximum atomic E-state index is 6.38. The van der Waals surface area contributed by atoms with Gasteiger partial charge in [-0.3, -0.25) is 0 Å². The number of rotatable bonds is 2. The van der Waals surface area contributed by atoms with Crippen molar-refractivity contribution in [3.8, 4) is 0 Å².